The average Bonchev–Trinajstić information content (AvgIpc) is 2.36. The van der Waals surface area contributed by atoms with Gasteiger partial charge in [-0.2, -0.15) is 0 Å². The number of hydrogen-bond acceptors (Lipinski definition) is 1. The van der Waals surface area contributed by atoms with Gasteiger partial charge in [0.15, 0.2) is 5.11 Å². The molecule has 2 rings (SSSR count). The van der Waals surface area contributed by atoms with Crippen LogP contribution in [0, 0.1) is 12.7 Å². The molecule has 19 heavy (non-hydrogen) atoms. The van der Waals surface area contributed by atoms with Crippen molar-refractivity contribution in [1.29, 1.82) is 0 Å². The molecule has 2 nitrogen and oxygen atoms in total. The molecule has 0 amide bonds. The third kappa shape index (κ3) is 3.75. The SMILES string of the molecule is Cc1cc(F)ccc1NC(=S)Nc1ccccc1Br. The molecular formula is C14H12BrFN2S. The van der Waals surface area contributed by atoms with Crippen LogP contribution in [0.15, 0.2) is 46.9 Å². The molecule has 0 aromatic heterocycles. The van der Waals surface area contributed by atoms with Crippen LogP contribution in [-0.4, -0.2) is 5.11 Å². The number of halogens is 2. The Kier molecular flexibility index (Phi) is 4.50. The molecule has 0 atom stereocenters. The quantitative estimate of drug-likeness (QED) is 0.775. The molecule has 0 saturated carbocycles. The van der Waals surface area contributed by atoms with Crippen LogP contribution < -0.4 is 10.6 Å². The Morgan fingerprint density at radius 2 is 1.79 bits per heavy atom. The first-order valence-corrected chi connectivity index (χ1v) is 6.85. The minimum atomic E-state index is -0.257. The molecule has 98 valence electrons. The van der Waals surface area contributed by atoms with E-state index in [-0.39, 0.29) is 5.82 Å². The fraction of sp³-hybridized carbons (Fsp3) is 0.0714. The summed E-state index contributed by atoms with van der Waals surface area (Å²) in [6.45, 7) is 1.83. The highest BCUT2D eigenvalue weighted by Gasteiger charge is 2.04. The highest BCUT2D eigenvalue weighted by atomic mass is 79.9. The van der Waals surface area contributed by atoms with Gasteiger partial charge in [0.05, 0.1) is 5.69 Å². The Hall–Kier alpha value is -1.46. The van der Waals surface area contributed by atoms with E-state index in [9.17, 15) is 4.39 Å². The number of aryl methyl sites for hydroxylation is 1. The Morgan fingerprint density at radius 3 is 2.47 bits per heavy atom. The summed E-state index contributed by atoms with van der Waals surface area (Å²) < 4.78 is 13.9. The summed E-state index contributed by atoms with van der Waals surface area (Å²) in [5.41, 5.74) is 2.46. The number of anilines is 2. The molecule has 2 aromatic carbocycles. The number of rotatable bonds is 2. The lowest BCUT2D eigenvalue weighted by Gasteiger charge is -2.13. The molecular weight excluding hydrogens is 327 g/mol. The van der Waals surface area contributed by atoms with Crippen LogP contribution in [0.25, 0.3) is 0 Å². The van der Waals surface area contributed by atoms with E-state index in [4.69, 9.17) is 12.2 Å². The van der Waals surface area contributed by atoms with Gasteiger partial charge in [-0.25, -0.2) is 4.39 Å². The Labute approximate surface area is 125 Å². The smallest absolute Gasteiger partial charge is 0.175 e. The van der Waals surface area contributed by atoms with Crippen LogP contribution in [0.4, 0.5) is 15.8 Å². The van der Waals surface area contributed by atoms with Gasteiger partial charge in [0.1, 0.15) is 5.82 Å². The number of benzene rings is 2. The van der Waals surface area contributed by atoms with Crippen molar-refractivity contribution >= 4 is 44.6 Å². The van der Waals surface area contributed by atoms with Crippen molar-refractivity contribution in [2.45, 2.75) is 6.92 Å². The highest BCUT2D eigenvalue weighted by molar-refractivity contribution is 9.10. The van der Waals surface area contributed by atoms with E-state index in [0.717, 1.165) is 21.4 Å². The minimum absolute atomic E-state index is 0.257. The molecule has 5 heteroatoms. The van der Waals surface area contributed by atoms with E-state index in [2.05, 4.69) is 26.6 Å². The molecule has 0 heterocycles. The molecule has 2 N–H and O–H groups in total. The maximum atomic E-state index is 13.0. The van der Waals surface area contributed by atoms with Crippen LogP contribution in [0.3, 0.4) is 0 Å². The summed E-state index contributed by atoms with van der Waals surface area (Å²) in [5, 5.41) is 6.59. The second-order valence-electron chi connectivity index (χ2n) is 4.02. The van der Waals surface area contributed by atoms with E-state index in [1.807, 2.05) is 31.2 Å². The van der Waals surface area contributed by atoms with E-state index in [0.29, 0.717) is 5.11 Å². The molecule has 0 aliphatic carbocycles. The Balaban J connectivity index is 2.08. The van der Waals surface area contributed by atoms with Crippen molar-refractivity contribution in [3.63, 3.8) is 0 Å². The zero-order valence-electron chi connectivity index (χ0n) is 10.2. The number of nitrogens with one attached hydrogen (secondary N) is 2. The molecule has 2 aromatic rings. The third-order valence-electron chi connectivity index (χ3n) is 2.56. The standard InChI is InChI=1S/C14H12BrFN2S/c1-9-8-10(16)6-7-12(9)17-14(19)18-13-5-3-2-4-11(13)15/h2-8H,1H3,(H2,17,18,19). The van der Waals surface area contributed by atoms with Gasteiger partial charge >= 0.3 is 0 Å². The molecule has 0 saturated heterocycles. The maximum absolute atomic E-state index is 13.0. The molecule has 0 spiro atoms. The van der Waals surface area contributed by atoms with Gasteiger partial charge in [-0.15, -0.1) is 0 Å². The predicted octanol–water partition coefficient (Wildman–Crippen LogP) is 4.71. The number of para-hydroxylation sites is 1. The molecule has 0 aliphatic heterocycles. The lowest BCUT2D eigenvalue weighted by Crippen LogP contribution is -2.19. The molecule has 0 aliphatic rings. The summed E-state index contributed by atoms with van der Waals surface area (Å²) >= 11 is 8.67. The zero-order chi connectivity index (χ0) is 13.8. The second-order valence-corrected chi connectivity index (χ2v) is 5.28. The van der Waals surface area contributed by atoms with Crippen LogP contribution in [0.1, 0.15) is 5.56 Å². The monoisotopic (exact) mass is 338 g/mol. The van der Waals surface area contributed by atoms with Crippen molar-refractivity contribution in [2.24, 2.45) is 0 Å². The van der Waals surface area contributed by atoms with Gasteiger partial charge in [-0.3, -0.25) is 0 Å². The predicted molar refractivity (Wildman–Crippen MR) is 85.1 cm³/mol. The minimum Gasteiger partial charge on any atom is -0.332 e. The van der Waals surface area contributed by atoms with Crippen molar-refractivity contribution in [3.8, 4) is 0 Å². The van der Waals surface area contributed by atoms with Gasteiger partial charge in [0.2, 0.25) is 0 Å². The first-order valence-electron chi connectivity index (χ1n) is 5.65. The van der Waals surface area contributed by atoms with E-state index in [1.54, 1.807) is 6.07 Å². The summed E-state index contributed by atoms with van der Waals surface area (Å²) in [6, 6.07) is 12.2. The van der Waals surface area contributed by atoms with Gasteiger partial charge in [-0.05, 0) is 71.0 Å². The van der Waals surface area contributed by atoms with Crippen molar-refractivity contribution < 1.29 is 4.39 Å². The topological polar surface area (TPSA) is 24.1 Å². The normalized spacial score (nSPS) is 10.1. The van der Waals surface area contributed by atoms with Gasteiger partial charge in [0, 0.05) is 10.2 Å². The Bertz CT molecular complexity index is 616. The fourth-order valence-corrected chi connectivity index (χ4v) is 2.21. The first-order chi connectivity index (χ1) is 9.06. The summed E-state index contributed by atoms with van der Waals surface area (Å²) in [7, 11) is 0. The second kappa shape index (κ2) is 6.12. The molecule has 0 bridgehead atoms. The van der Waals surface area contributed by atoms with Crippen LogP contribution in [0.2, 0.25) is 0 Å². The molecule has 0 radical (unpaired) electrons. The van der Waals surface area contributed by atoms with Gasteiger partial charge < -0.3 is 10.6 Å². The van der Waals surface area contributed by atoms with Crippen molar-refractivity contribution in [3.05, 3.63) is 58.3 Å². The zero-order valence-corrected chi connectivity index (χ0v) is 12.6. The van der Waals surface area contributed by atoms with Crippen LogP contribution in [-0.2, 0) is 0 Å². The fourth-order valence-electron chi connectivity index (χ4n) is 1.61. The molecule has 0 fully saturated rings. The largest absolute Gasteiger partial charge is 0.332 e. The van der Waals surface area contributed by atoms with E-state index in [1.165, 1.54) is 12.1 Å². The number of hydrogen-bond donors (Lipinski definition) is 2. The van der Waals surface area contributed by atoms with E-state index >= 15 is 0 Å². The Morgan fingerprint density at radius 1 is 1.11 bits per heavy atom. The average molecular weight is 339 g/mol. The molecule has 0 unspecified atom stereocenters. The summed E-state index contributed by atoms with van der Waals surface area (Å²) in [5.74, 6) is -0.257. The summed E-state index contributed by atoms with van der Waals surface area (Å²) in [4.78, 5) is 0. The lowest BCUT2D eigenvalue weighted by atomic mass is 10.2. The van der Waals surface area contributed by atoms with Crippen LogP contribution >= 0.6 is 28.1 Å². The van der Waals surface area contributed by atoms with Crippen molar-refractivity contribution in [2.75, 3.05) is 10.6 Å². The van der Waals surface area contributed by atoms with Crippen LogP contribution in [0.5, 0.6) is 0 Å². The van der Waals surface area contributed by atoms with E-state index < -0.39 is 0 Å². The highest BCUT2D eigenvalue weighted by Crippen LogP contribution is 2.22. The van der Waals surface area contributed by atoms with Gasteiger partial charge in [-0.1, -0.05) is 12.1 Å². The van der Waals surface area contributed by atoms with Crippen molar-refractivity contribution in [1.82, 2.24) is 0 Å². The summed E-state index contributed by atoms with van der Waals surface area (Å²) in [6.07, 6.45) is 0. The lowest BCUT2D eigenvalue weighted by molar-refractivity contribution is 0.627. The maximum Gasteiger partial charge on any atom is 0.175 e. The third-order valence-corrected chi connectivity index (χ3v) is 3.45. The van der Waals surface area contributed by atoms with Gasteiger partial charge in [0.25, 0.3) is 0 Å². The number of thiocarbonyl (C=S) groups is 1. The first kappa shape index (κ1) is 14.0.